The molecule has 0 radical (unpaired) electrons. The number of amides is 2. The zero-order valence-corrected chi connectivity index (χ0v) is 11.3. The molecule has 0 spiro atoms. The number of fused-ring (bicyclic) bond motifs is 1. The molecule has 0 aromatic heterocycles. The molecule has 1 unspecified atom stereocenters. The number of benzene rings is 1. The summed E-state index contributed by atoms with van der Waals surface area (Å²) in [5, 5.41) is 5.36. The van der Waals surface area contributed by atoms with Crippen LogP contribution in [0.25, 0.3) is 0 Å². The molecule has 5 heteroatoms. The van der Waals surface area contributed by atoms with Crippen molar-refractivity contribution in [2.45, 2.75) is 38.8 Å². The van der Waals surface area contributed by atoms with Crippen LogP contribution in [0.1, 0.15) is 29.2 Å². The first kappa shape index (κ1) is 13.4. The highest BCUT2D eigenvalue weighted by molar-refractivity contribution is 5.99. The van der Waals surface area contributed by atoms with Gasteiger partial charge >= 0.3 is 6.09 Å². The van der Waals surface area contributed by atoms with Crippen molar-refractivity contribution in [3.05, 3.63) is 29.8 Å². The van der Waals surface area contributed by atoms with Gasteiger partial charge in [0.2, 0.25) is 5.91 Å². The lowest BCUT2D eigenvalue weighted by Crippen LogP contribution is -2.49. The van der Waals surface area contributed by atoms with Gasteiger partial charge in [0.15, 0.2) is 0 Å². The summed E-state index contributed by atoms with van der Waals surface area (Å²) in [6.45, 7) is 5.34. The van der Waals surface area contributed by atoms with Crippen LogP contribution in [0.3, 0.4) is 0 Å². The molecule has 0 aliphatic carbocycles. The van der Waals surface area contributed by atoms with Crippen molar-refractivity contribution in [2.75, 3.05) is 5.32 Å². The van der Waals surface area contributed by atoms with Crippen LogP contribution in [0.2, 0.25) is 0 Å². The molecule has 2 amide bonds. The van der Waals surface area contributed by atoms with Gasteiger partial charge in [-0.15, -0.1) is 0 Å². The largest absolute Gasteiger partial charge is 0.444 e. The first-order valence-corrected chi connectivity index (χ1v) is 6.23. The van der Waals surface area contributed by atoms with Crippen molar-refractivity contribution in [1.82, 2.24) is 5.32 Å². The highest BCUT2D eigenvalue weighted by Gasteiger charge is 2.28. The Morgan fingerprint density at radius 2 is 2.11 bits per heavy atom. The van der Waals surface area contributed by atoms with Gasteiger partial charge in [0.05, 0.1) is 0 Å². The number of anilines is 1. The Labute approximate surface area is 115 Å². The van der Waals surface area contributed by atoms with Gasteiger partial charge in [0.25, 0.3) is 0 Å². The van der Waals surface area contributed by atoms with Gasteiger partial charge in [0, 0.05) is 15.0 Å². The minimum absolute atomic E-state index is 0. The van der Waals surface area contributed by atoms with Crippen LogP contribution in [0.4, 0.5) is 10.5 Å². The summed E-state index contributed by atoms with van der Waals surface area (Å²) in [6, 6.07) is 6.95. The average Bonchev–Trinajstić information content (AvgIpc) is 2.27. The Bertz CT molecular complexity index is 515. The molecular formula is C14H22N2O3. The van der Waals surface area contributed by atoms with Gasteiger partial charge in [-0.3, -0.25) is 4.79 Å². The molecule has 1 aliphatic rings. The number of hydrogen-bond acceptors (Lipinski definition) is 3. The van der Waals surface area contributed by atoms with Gasteiger partial charge in [-0.2, -0.15) is 0 Å². The van der Waals surface area contributed by atoms with Crippen LogP contribution in [0, 0.1) is 0 Å². The second-order valence-electron chi connectivity index (χ2n) is 5.55. The van der Waals surface area contributed by atoms with Crippen molar-refractivity contribution >= 4 is 17.7 Å². The molecule has 1 heterocycles. The molecule has 0 saturated heterocycles. The molecule has 0 saturated carbocycles. The summed E-state index contributed by atoms with van der Waals surface area (Å²) < 4.78 is 5.15. The van der Waals surface area contributed by atoms with Crippen LogP contribution < -0.4 is 10.6 Å². The number of para-hydroxylation sites is 1. The van der Waals surface area contributed by atoms with Gasteiger partial charge < -0.3 is 15.4 Å². The van der Waals surface area contributed by atoms with Crippen molar-refractivity contribution in [3.8, 4) is 0 Å². The van der Waals surface area contributed by atoms with Gasteiger partial charge in [-0.1, -0.05) is 18.2 Å². The summed E-state index contributed by atoms with van der Waals surface area (Å²) in [6.07, 6.45) is -0.103. The van der Waals surface area contributed by atoms with Crippen LogP contribution in [-0.2, 0) is 16.0 Å². The van der Waals surface area contributed by atoms with Crippen LogP contribution in [-0.4, -0.2) is 23.6 Å². The molecule has 5 nitrogen and oxygen atoms in total. The third-order valence-corrected chi connectivity index (χ3v) is 2.71. The number of alkyl carbamates (subject to hydrolysis) is 1. The third-order valence-electron chi connectivity index (χ3n) is 2.71. The zero-order valence-electron chi connectivity index (χ0n) is 11.3. The average molecular weight is 266 g/mol. The Hall–Kier alpha value is -2.04. The molecule has 1 aromatic rings. The quantitative estimate of drug-likeness (QED) is 0.821. The first-order valence-electron chi connectivity index (χ1n) is 6.23. The van der Waals surface area contributed by atoms with E-state index < -0.39 is 17.7 Å². The number of hydrogen-bond donors (Lipinski definition) is 2. The molecule has 0 fully saturated rings. The molecule has 2 N–H and O–H groups in total. The van der Waals surface area contributed by atoms with Gasteiger partial charge in [-0.05, 0) is 32.4 Å². The lowest BCUT2D eigenvalue weighted by Gasteiger charge is -2.27. The fourth-order valence-corrected chi connectivity index (χ4v) is 1.92. The zero-order chi connectivity index (χ0) is 14.0. The maximum atomic E-state index is 11.9. The summed E-state index contributed by atoms with van der Waals surface area (Å²) in [5.41, 5.74) is 1.23. The molecule has 1 atom stereocenters. The van der Waals surface area contributed by atoms with Crippen molar-refractivity contribution in [2.24, 2.45) is 0 Å². The van der Waals surface area contributed by atoms with Crippen LogP contribution in [0.5, 0.6) is 0 Å². The first-order chi connectivity index (χ1) is 8.85. The van der Waals surface area contributed by atoms with E-state index in [1.165, 1.54) is 0 Å². The lowest BCUT2D eigenvalue weighted by atomic mass is 9.99. The van der Waals surface area contributed by atoms with E-state index in [1.54, 1.807) is 20.8 Å². The number of ether oxygens (including phenoxy) is 1. The number of carbonyl (C=O) groups is 2. The summed E-state index contributed by atoms with van der Waals surface area (Å²) in [4.78, 5) is 23.5. The van der Waals surface area contributed by atoms with E-state index in [0.29, 0.717) is 6.42 Å². The van der Waals surface area contributed by atoms with Gasteiger partial charge in [-0.25, -0.2) is 4.79 Å². The minimum atomic E-state index is -0.593. The van der Waals surface area contributed by atoms with E-state index >= 15 is 0 Å². The second-order valence-corrected chi connectivity index (χ2v) is 5.55. The number of rotatable bonds is 1. The minimum Gasteiger partial charge on any atom is -0.444 e. The van der Waals surface area contributed by atoms with E-state index in [4.69, 9.17) is 4.74 Å². The van der Waals surface area contributed by atoms with Crippen LogP contribution >= 0.6 is 0 Å². The third kappa shape index (κ3) is 3.47. The van der Waals surface area contributed by atoms with Crippen molar-refractivity contribution in [1.29, 1.82) is 0 Å². The summed E-state index contributed by atoms with van der Waals surface area (Å²) in [5.74, 6) is -0.218. The molecular weight excluding hydrogens is 244 g/mol. The summed E-state index contributed by atoms with van der Waals surface area (Å²) >= 11 is 0. The predicted octanol–water partition coefficient (Wildman–Crippen LogP) is 2.57. The predicted molar refractivity (Wildman–Crippen MR) is 76.2 cm³/mol. The maximum Gasteiger partial charge on any atom is 0.408 e. The van der Waals surface area contributed by atoms with Crippen molar-refractivity contribution in [3.63, 3.8) is 0 Å². The number of nitrogens with one attached hydrogen (secondary N) is 2. The fraction of sp³-hybridized carbons (Fsp3) is 0.429. The molecule has 0 bridgehead atoms. The number of carbonyl (C=O) groups excluding carboxylic acids is 2. The highest BCUT2D eigenvalue weighted by Crippen LogP contribution is 2.22. The monoisotopic (exact) mass is 266 g/mol. The Balaban J connectivity index is 0.00000200. The fourth-order valence-electron chi connectivity index (χ4n) is 1.92. The van der Waals surface area contributed by atoms with Gasteiger partial charge in [0.1, 0.15) is 11.6 Å². The van der Waals surface area contributed by atoms with E-state index in [0.717, 1.165) is 11.3 Å². The highest BCUT2D eigenvalue weighted by atomic mass is 16.6. The smallest absolute Gasteiger partial charge is 0.408 e. The van der Waals surface area contributed by atoms with E-state index in [1.807, 2.05) is 24.3 Å². The maximum absolute atomic E-state index is 11.9. The topological polar surface area (TPSA) is 67.4 Å². The van der Waals surface area contributed by atoms with Crippen LogP contribution in [0.15, 0.2) is 24.3 Å². The lowest BCUT2D eigenvalue weighted by molar-refractivity contribution is -0.118. The Morgan fingerprint density at radius 3 is 2.79 bits per heavy atom. The molecule has 19 heavy (non-hydrogen) atoms. The molecule has 1 aliphatic heterocycles. The molecule has 106 valence electrons. The van der Waals surface area contributed by atoms with Crippen molar-refractivity contribution < 1.29 is 17.2 Å². The standard InChI is InChI=1S/C14H18N2O3.2H2/c1-14(2,3)19-13(18)16-11-8-9-6-4-5-7-10(9)15-12(11)17;;/h4-7,11H,8H2,1-3H3,(H,15,17)(H,16,18);2*1H. The molecule has 2 rings (SSSR count). The Kier molecular flexibility index (Phi) is 3.46. The SMILES string of the molecule is CC(C)(C)OC(=O)NC1Cc2ccccc2NC1=O.[HH].[HH]. The van der Waals surface area contributed by atoms with E-state index in [9.17, 15) is 9.59 Å². The normalized spacial score (nSPS) is 18.3. The molecule has 1 aromatic carbocycles. The second kappa shape index (κ2) is 4.91. The van der Waals surface area contributed by atoms with E-state index in [2.05, 4.69) is 10.6 Å². The van der Waals surface area contributed by atoms with E-state index in [-0.39, 0.29) is 8.76 Å². The Morgan fingerprint density at radius 1 is 1.42 bits per heavy atom. The summed E-state index contributed by atoms with van der Waals surface area (Å²) in [7, 11) is 0.